The van der Waals surface area contributed by atoms with E-state index in [9.17, 15) is 4.79 Å². The summed E-state index contributed by atoms with van der Waals surface area (Å²) < 4.78 is 5.18. The third-order valence-corrected chi connectivity index (χ3v) is 3.96. The molecule has 0 aliphatic carbocycles. The monoisotopic (exact) mass is 403 g/mol. The second-order valence-corrected chi connectivity index (χ2v) is 6.08. The van der Waals surface area contributed by atoms with E-state index in [2.05, 4.69) is 47.4 Å². The minimum atomic E-state index is -0.367. The first-order valence-corrected chi connectivity index (χ1v) is 7.79. The summed E-state index contributed by atoms with van der Waals surface area (Å²) in [6.45, 7) is 5.00. The number of nitrogens with one attached hydrogen (secondary N) is 1. The zero-order valence-corrected chi connectivity index (χ0v) is 14.3. The fourth-order valence-corrected chi connectivity index (χ4v) is 2.44. The largest absolute Gasteiger partial charge is 0.348 e. The van der Waals surface area contributed by atoms with Gasteiger partial charge < -0.3 is 5.32 Å². The second kappa shape index (κ2) is 6.53. The summed E-state index contributed by atoms with van der Waals surface area (Å²) in [5, 5.41) is 11.3. The van der Waals surface area contributed by atoms with Crippen molar-refractivity contribution in [3.8, 4) is 0 Å². The normalized spacial score (nSPS) is 12.4. The van der Waals surface area contributed by atoms with E-state index in [1.807, 2.05) is 17.8 Å². The molecule has 2 rings (SSSR count). The number of hydrogen-bond donors (Lipinski definition) is 1. The molecule has 2 aromatic heterocycles. The van der Waals surface area contributed by atoms with Gasteiger partial charge in [-0.1, -0.05) is 0 Å². The standard InChI is InChI=1S/C12H15Br2N5O/c1-3-18-7-10(14)11(17-18)5-15-12(20)8(2)19-6-9(13)4-16-19/h4,6-8H,3,5H2,1-2H3,(H,15,20). The summed E-state index contributed by atoms with van der Waals surface area (Å²) in [6.07, 6.45) is 5.32. The van der Waals surface area contributed by atoms with Gasteiger partial charge in [0.1, 0.15) is 6.04 Å². The van der Waals surface area contributed by atoms with Crippen molar-refractivity contribution in [2.75, 3.05) is 0 Å². The van der Waals surface area contributed by atoms with Gasteiger partial charge in [0.2, 0.25) is 5.91 Å². The molecule has 2 heterocycles. The number of halogens is 2. The number of aryl methyl sites for hydroxylation is 1. The number of rotatable bonds is 5. The van der Waals surface area contributed by atoms with Crippen molar-refractivity contribution in [2.24, 2.45) is 0 Å². The van der Waals surface area contributed by atoms with Crippen LogP contribution in [0.3, 0.4) is 0 Å². The van der Waals surface area contributed by atoms with Crippen molar-refractivity contribution in [1.82, 2.24) is 24.9 Å². The molecule has 6 nitrogen and oxygen atoms in total. The van der Waals surface area contributed by atoms with Crippen molar-refractivity contribution in [3.63, 3.8) is 0 Å². The van der Waals surface area contributed by atoms with E-state index in [1.54, 1.807) is 24.0 Å². The van der Waals surface area contributed by atoms with Crippen molar-refractivity contribution in [1.29, 1.82) is 0 Å². The summed E-state index contributed by atoms with van der Waals surface area (Å²) in [7, 11) is 0. The Kier molecular flexibility index (Phi) is 4.98. The Balaban J connectivity index is 1.96. The highest BCUT2D eigenvalue weighted by atomic mass is 79.9. The van der Waals surface area contributed by atoms with Crippen LogP contribution in [0, 0.1) is 0 Å². The van der Waals surface area contributed by atoms with Crippen LogP contribution in [0.15, 0.2) is 27.5 Å². The molecule has 2 aromatic rings. The number of amides is 1. The molecule has 20 heavy (non-hydrogen) atoms. The SMILES string of the molecule is CCn1cc(Br)c(CNC(=O)C(C)n2cc(Br)cn2)n1. The average Bonchev–Trinajstić information content (AvgIpc) is 3.01. The predicted octanol–water partition coefficient (Wildman–Crippen LogP) is 2.50. The quantitative estimate of drug-likeness (QED) is 0.832. The maximum atomic E-state index is 12.1. The lowest BCUT2D eigenvalue weighted by Gasteiger charge is -2.11. The second-order valence-electron chi connectivity index (χ2n) is 4.31. The minimum absolute atomic E-state index is 0.0986. The molecule has 108 valence electrons. The fourth-order valence-electron chi connectivity index (χ4n) is 1.68. The average molecular weight is 405 g/mol. The molecule has 8 heteroatoms. The first-order valence-electron chi connectivity index (χ1n) is 6.20. The first kappa shape index (κ1) is 15.2. The van der Waals surface area contributed by atoms with Gasteiger partial charge in [0.05, 0.1) is 27.4 Å². The molecule has 1 unspecified atom stereocenters. The Bertz CT molecular complexity index is 607. The Morgan fingerprint density at radius 1 is 1.45 bits per heavy atom. The maximum absolute atomic E-state index is 12.1. The lowest BCUT2D eigenvalue weighted by atomic mass is 10.3. The van der Waals surface area contributed by atoms with Crippen LogP contribution < -0.4 is 5.32 Å². The summed E-state index contributed by atoms with van der Waals surface area (Å²) in [6, 6.07) is -0.367. The molecule has 0 saturated carbocycles. The van der Waals surface area contributed by atoms with E-state index in [0.717, 1.165) is 21.2 Å². The van der Waals surface area contributed by atoms with Crippen molar-refractivity contribution < 1.29 is 4.79 Å². The molecule has 1 N–H and O–H groups in total. The number of aromatic nitrogens is 4. The van der Waals surface area contributed by atoms with E-state index in [0.29, 0.717) is 6.54 Å². The molecule has 0 spiro atoms. The van der Waals surface area contributed by atoms with E-state index in [-0.39, 0.29) is 11.9 Å². The number of carbonyl (C=O) groups is 1. The Morgan fingerprint density at radius 3 is 2.75 bits per heavy atom. The number of hydrogen-bond acceptors (Lipinski definition) is 3. The van der Waals surface area contributed by atoms with E-state index >= 15 is 0 Å². The van der Waals surface area contributed by atoms with Gasteiger partial charge in [-0.2, -0.15) is 10.2 Å². The lowest BCUT2D eigenvalue weighted by molar-refractivity contribution is -0.124. The zero-order chi connectivity index (χ0) is 14.7. The van der Waals surface area contributed by atoms with Gasteiger partial charge >= 0.3 is 0 Å². The maximum Gasteiger partial charge on any atom is 0.244 e. The van der Waals surface area contributed by atoms with Gasteiger partial charge in [0.25, 0.3) is 0 Å². The molecule has 1 atom stereocenters. The highest BCUT2D eigenvalue weighted by molar-refractivity contribution is 9.10. The zero-order valence-electron chi connectivity index (χ0n) is 11.2. The lowest BCUT2D eigenvalue weighted by Crippen LogP contribution is -2.31. The van der Waals surface area contributed by atoms with Gasteiger partial charge in [-0.15, -0.1) is 0 Å². The smallest absolute Gasteiger partial charge is 0.244 e. The summed E-state index contributed by atoms with van der Waals surface area (Å²) in [4.78, 5) is 12.1. The molecule has 1 amide bonds. The first-order chi connectivity index (χ1) is 9.51. The topological polar surface area (TPSA) is 64.7 Å². The van der Waals surface area contributed by atoms with Crippen LogP contribution in [-0.4, -0.2) is 25.5 Å². The molecule has 0 radical (unpaired) electrons. The van der Waals surface area contributed by atoms with Crippen LogP contribution in [0.4, 0.5) is 0 Å². The summed E-state index contributed by atoms with van der Waals surface area (Å²) in [5.74, 6) is -0.0986. The van der Waals surface area contributed by atoms with Crippen molar-refractivity contribution in [2.45, 2.75) is 33.0 Å². The summed E-state index contributed by atoms with van der Waals surface area (Å²) >= 11 is 6.75. The Hall–Kier alpha value is -1.15. The van der Waals surface area contributed by atoms with Crippen molar-refractivity contribution in [3.05, 3.63) is 33.2 Å². The van der Waals surface area contributed by atoms with Crippen LogP contribution >= 0.6 is 31.9 Å². The highest BCUT2D eigenvalue weighted by Crippen LogP contribution is 2.15. The van der Waals surface area contributed by atoms with Gasteiger partial charge in [0, 0.05) is 18.9 Å². The van der Waals surface area contributed by atoms with Crippen molar-refractivity contribution >= 4 is 37.8 Å². The minimum Gasteiger partial charge on any atom is -0.348 e. The molecule has 0 saturated heterocycles. The molecule has 0 aliphatic heterocycles. The molecule has 0 aliphatic rings. The van der Waals surface area contributed by atoms with E-state index in [1.165, 1.54) is 0 Å². The summed E-state index contributed by atoms with van der Waals surface area (Å²) in [5.41, 5.74) is 0.814. The third-order valence-electron chi connectivity index (χ3n) is 2.89. The predicted molar refractivity (Wildman–Crippen MR) is 82.1 cm³/mol. The number of nitrogens with zero attached hydrogens (tertiary/aromatic N) is 4. The van der Waals surface area contributed by atoms with Crippen LogP contribution in [0.5, 0.6) is 0 Å². The van der Waals surface area contributed by atoms with Gasteiger partial charge in [-0.05, 0) is 45.7 Å². The molecular weight excluding hydrogens is 390 g/mol. The van der Waals surface area contributed by atoms with Gasteiger partial charge in [0.15, 0.2) is 0 Å². The molecule has 0 aromatic carbocycles. The Morgan fingerprint density at radius 2 is 2.20 bits per heavy atom. The molecule has 0 fully saturated rings. The van der Waals surface area contributed by atoms with Crippen LogP contribution in [0.25, 0.3) is 0 Å². The number of carbonyl (C=O) groups excluding carboxylic acids is 1. The van der Waals surface area contributed by atoms with Gasteiger partial charge in [-0.3, -0.25) is 14.2 Å². The Labute approximate surface area is 133 Å². The third kappa shape index (κ3) is 3.49. The fraction of sp³-hybridized carbons (Fsp3) is 0.417. The molecular formula is C12H15Br2N5O. The van der Waals surface area contributed by atoms with E-state index < -0.39 is 0 Å². The van der Waals surface area contributed by atoms with Gasteiger partial charge in [-0.25, -0.2) is 0 Å². The van der Waals surface area contributed by atoms with Crippen LogP contribution in [0.2, 0.25) is 0 Å². The highest BCUT2D eigenvalue weighted by Gasteiger charge is 2.16. The van der Waals surface area contributed by atoms with E-state index in [4.69, 9.17) is 0 Å². The van der Waals surface area contributed by atoms with Crippen LogP contribution in [-0.2, 0) is 17.9 Å². The molecule has 0 bridgehead atoms. The van der Waals surface area contributed by atoms with Crippen LogP contribution in [0.1, 0.15) is 25.6 Å².